The van der Waals surface area contributed by atoms with E-state index in [0.29, 0.717) is 11.8 Å². The first-order chi connectivity index (χ1) is 28.4. The molecule has 4 atom stereocenters. The molecule has 1 fully saturated rings. The van der Waals surface area contributed by atoms with Gasteiger partial charge in [0, 0.05) is 18.2 Å². The van der Waals surface area contributed by atoms with Crippen molar-refractivity contribution >= 4 is 0 Å². The lowest BCUT2D eigenvalue weighted by atomic mass is 9.72. The summed E-state index contributed by atoms with van der Waals surface area (Å²) in [6.45, 7) is 48.2. The van der Waals surface area contributed by atoms with Crippen LogP contribution in [0.25, 0.3) is 0 Å². The first kappa shape index (κ1) is 65.4. The van der Waals surface area contributed by atoms with Crippen LogP contribution >= 0.6 is 0 Å². The molecule has 1 saturated carbocycles. The van der Waals surface area contributed by atoms with Gasteiger partial charge in [-0.3, -0.25) is 0 Å². The zero-order valence-electron chi connectivity index (χ0n) is 41.0. The van der Waals surface area contributed by atoms with Crippen molar-refractivity contribution in [2.45, 2.75) is 186 Å². The van der Waals surface area contributed by atoms with Crippen molar-refractivity contribution in [1.82, 2.24) is 5.32 Å². The van der Waals surface area contributed by atoms with E-state index in [9.17, 15) is 0 Å². The molecule has 0 amide bonds. The number of nitrogens with one attached hydrogen (secondary N) is 1. The molecule has 1 aliphatic carbocycles. The number of benzene rings is 2. The molecule has 3 rings (SSSR count). The van der Waals surface area contributed by atoms with Crippen molar-refractivity contribution in [3.8, 4) is 12.8 Å². The fourth-order valence-electron chi connectivity index (χ4n) is 6.90. The molecule has 0 radical (unpaired) electrons. The third kappa shape index (κ3) is 36.1. The zero-order valence-corrected chi connectivity index (χ0v) is 41.0. The van der Waals surface area contributed by atoms with Crippen LogP contribution in [0.4, 0.5) is 0 Å². The summed E-state index contributed by atoms with van der Waals surface area (Å²) in [5.74, 6) is 3.55. The molecule has 0 spiro atoms. The van der Waals surface area contributed by atoms with Gasteiger partial charge < -0.3 is 5.32 Å². The van der Waals surface area contributed by atoms with Crippen molar-refractivity contribution < 1.29 is 0 Å². The highest BCUT2D eigenvalue weighted by Crippen LogP contribution is 2.38. The predicted octanol–water partition coefficient (Wildman–Crippen LogP) is 19.1. The SMILES string of the molecule is C.C#C.C=C(C)C(CCCC)C(C)C1CCCCC1.C=C(C)CCCC.C=CC.C=CC(CCCNC(=C)C(=C)C(C)CC)c1ccccc1.CC.CCc1ccccc1. The van der Waals surface area contributed by atoms with Crippen LogP contribution in [0.2, 0.25) is 0 Å². The fraction of sp³-hybridized carbons (Fsp3) is 0.559. The topological polar surface area (TPSA) is 12.0 Å². The molecule has 0 bridgehead atoms. The van der Waals surface area contributed by atoms with Gasteiger partial charge in [0.05, 0.1) is 0 Å². The van der Waals surface area contributed by atoms with E-state index >= 15 is 0 Å². The van der Waals surface area contributed by atoms with Crippen LogP contribution in [0.3, 0.4) is 0 Å². The minimum Gasteiger partial charge on any atom is -0.385 e. The maximum Gasteiger partial charge on any atom is 0.0296 e. The summed E-state index contributed by atoms with van der Waals surface area (Å²) in [6.07, 6.45) is 31.4. The number of allylic oxidation sites excluding steroid dienone is 5. The summed E-state index contributed by atoms with van der Waals surface area (Å²) in [4.78, 5) is 0. The summed E-state index contributed by atoms with van der Waals surface area (Å²) in [5.41, 5.74) is 7.59. The van der Waals surface area contributed by atoms with Gasteiger partial charge in [0.1, 0.15) is 0 Å². The second-order valence-corrected chi connectivity index (χ2v) is 15.8. The first-order valence-electron chi connectivity index (χ1n) is 23.4. The monoisotopic (exact) mass is 824 g/mol. The van der Waals surface area contributed by atoms with Gasteiger partial charge >= 0.3 is 0 Å². The van der Waals surface area contributed by atoms with Gasteiger partial charge in [-0.15, -0.1) is 32.6 Å². The molecule has 4 unspecified atom stereocenters. The predicted molar refractivity (Wildman–Crippen MR) is 282 cm³/mol. The largest absolute Gasteiger partial charge is 0.385 e. The molecule has 60 heavy (non-hydrogen) atoms. The van der Waals surface area contributed by atoms with Crippen LogP contribution < -0.4 is 5.32 Å². The minimum absolute atomic E-state index is 0. The lowest BCUT2D eigenvalue weighted by molar-refractivity contribution is 0.204. The second kappa shape index (κ2) is 47.9. The van der Waals surface area contributed by atoms with Crippen LogP contribution in [-0.4, -0.2) is 6.54 Å². The van der Waals surface area contributed by atoms with Gasteiger partial charge in [-0.1, -0.05) is 218 Å². The Morgan fingerprint density at radius 3 is 1.65 bits per heavy atom. The average Bonchev–Trinajstić information content (AvgIpc) is 3.28. The Morgan fingerprint density at radius 2 is 1.27 bits per heavy atom. The number of hydrogen-bond donors (Lipinski definition) is 1. The molecule has 0 saturated heterocycles. The Kier molecular flexibility index (Phi) is 52.2. The molecular weight excluding hydrogens is 723 g/mol. The van der Waals surface area contributed by atoms with Crippen LogP contribution in [0, 0.1) is 36.5 Å². The minimum atomic E-state index is 0. The normalized spacial score (nSPS) is 13.0. The summed E-state index contributed by atoms with van der Waals surface area (Å²) in [5, 5.41) is 3.40. The molecular formula is C59H101N. The molecule has 1 heteroatoms. The van der Waals surface area contributed by atoms with E-state index in [1.54, 1.807) is 6.08 Å². The zero-order chi connectivity index (χ0) is 45.9. The number of aryl methyl sites for hydroxylation is 1. The fourth-order valence-corrected chi connectivity index (χ4v) is 6.90. The Labute approximate surface area is 378 Å². The van der Waals surface area contributed by atoms with Crippen LogP contribution in [0.15, 0.2) is 135 Å². The van der Waals surface area contributed by atoms with E-state index in [2.05, 4.69) is 168 Å². The van der Waals surface area contributed by atoms with E-state index in [1.165, 1.54) is 92.9 Å². The molecule has 1 N–H and O–H groups in total. The van der Waals surface area contributed by atoms with Gasteiger partial charge in [0.15, 0.2) is 0 Å². The number of rotatable bonds is 20. The van der Waals surface area contributed by atoms with Gasteiger partial charge in [0.25, 0.3) is 0 Å². The van der Waals surface area contributed by atoms with Crippen molar-refractivity contribution in [2.75, 3.05) is 6.54 Å². The third-order valence-corrected chi connectivity index (χ3v) is 10.9. The lowest BCUT2D eigenvalue weighted by Gasteiger charge is -2.34. The maximum atomic E-state index is 4.22. The Bertz CT molecular complexity index is 1290. The van der Waals surface area contributed by atoms with Gasteiger partial charge in [0.2, 0.25) is 0 Å². The number of unbranched alkanes of at least 4 members (excludes halogenated alkanes) is 2. The van der Waals surface area contributed by atoms with Gasteiger partial charge in [-0.05, 0) is 106 Å². The van der Waals surface area contributed by atoms with E-state index in [-0.39, 0.29) is 7.43 Å². The van der Waals surface area contributed by atoms with Gasteiger partial charge in [-0.25, -0.2) is 0 Å². The summed E-state index contributed by atoms with van der Waals surface area (Å²) in [7, 11) is 0. The van der Waals surface area contributed by atoms with E-state index in [4.69, 9.17) is 0 Å². The highest BCUT2D eigenvalue weighted by Gasteiger charge is 2.26. The van der Waals surface area contributed by atoms with Crippen LogP contribution in [0.5, 0.6) is 0 Å². The first-order valence-corrected chi connectivity index (χ1v) is 23.4. The molecule has 0 heterocycles. The Balaban J connectivity index is -0.000000227. The number of terminal acetylenes is 1. The van der Waals surface area contributed by atoms with Crippen molar-refractivity contribution in [1.29, 1.82) is 0 Å². The quantitative estimate of drug-likeness (QED) is 0.0607. The summed E-state index contributed by atoms with van der Waals surface area (Å²) in [6, 6.07) is 21.0. The van der Waals surface area contributed by atoms with Gasteiger partial charge in [-0.2, -0.15) is 0 Å². The average molecular weight is 824 g/mol. The standard InChI is InChI=1S/C20H29N.C16H30.C8H10.C7H14.C3H6.C2H6.C2H2.CH4/c1-6-16(3)17(4)18(5)21-15-11-14-19(7-2)20-12-9-8-10-13-20;1-5-6-12-16(13(2)3)14(4)15-10-8-7-9-11-15;1-2-8-6-4-3-5-7-8;1-4-5-6-7(2)3;1-3-2;2*1-2;/h7-10,12-13,16,19,21H,2,4-6,11,14-15H2,1,3H3;14-16H,2,5-12H2,1,3-4H3;3-7H,2H2,1H3;2,4-6H2,1,3H3;3H,1H2,2H3;1-2H3;1-2H;1H4. The van der Waals surface area contributed by atoms with Crippen molar-refractivity contribution in [3.05, 3.63) is 146 Å². The molecule has 342 valence electrons. The Morgan fingerprint density at radius 1 is 0.767 bits per heavy atom. The molecule has 0 aromatic heterocycles. The Hall–Kier alpha value is -3.76. The highest BCUT2D eigenvalue weighted by molar-refractivity contribution is 5.26. The molecule has 2 aromatic carbocycles. The molecule has 1 nitrogen and oxygen atoms in total. The lowest BCUT2D eigenvalue weighted by Crippen LogP contribution is -2.23. The smallest absolute Gasteiger partial charge is 0.0296 e. The van der Waals surface area contributed by atoms with E-state index in [0.717, 1.165) is 61.3 Å². The molecule has 0 aliphatic heterocycles. The number of hydrogen-bond acceptors (Lipinski definition) is 1. The summed E-state index contributed by atoms with van der Waals surface area (Å²) < 4.78 is 0. The summed E-state index contributed by atoms with van der Waals surface area (Å²) >= 11 is 0. The maximum absolute atomic E-state index is 4.22. The highest BCUT2D eigenvalue weighted by atomic mass is 14.9. The third-order valence-electron chi connectivity index (χ3n) is 10.9. The van der Waals surface area contributed by atoms with E-state index < -0.39 is 0 Å². The van der Waals surface area contributed by atoms with Crippen LogP contribution in [0.1, 0.15) is 191 Å². The van der Waals surface area contributed by atoms with Crippen molar-refractivity contribution in [3.63, 3.8) is 0 Å². The van der Waals surface area contributed by atoms with Crippen molar-refractivity contribution in [2.24, 2.45) is 23.7 Å². The molecule has 1 aliphatic rings. The van der Waals surface area contributed by atoms with E-state index in [1.807, 2.05) is 32.9 Å². The van der Waals surface area contributed by atoms with Crippen LogP contribution in [-0.2, 0) is 6.42 Å². The second-order valence-electron chi connectivity index (χ2n) is 15.8. The molecule has 2 aromatic rings.